The highest BCUT2D eigenvalue weighted by atomic mass is 19.3. The number of hydrogen-bond acceptors (Lipinski definition) is 9. The van der Waals surface area contributed by atoms with E-state index in [0.717, 1.165) is 22.1 Å². The largest absolute Gasteiger partial charge is 0.435 e. The maximum absolute atomic E-state index is 12.5. The number of aromatic amines is 1. The van der Waals surface area contributed by atoms with E-state index in [0.29, 0.717) is 39.6 Å². The fraction of sp³-hybridized carbons (Fsp3) is 0.0769. The van der Waals surface area contributed by atoms with Crippen molar-refractivity contribution in [2.24, 2.45) is 0 Å². The van der Waals surface area contributed by atoms with Crippen LogP contribution in [0.5, 0.6) is 5.75 Å². The zero-order chi connectivity index (χ0) is 25.4. The van der Waals surface area contributed by atoms with Crippen LogP contribution in [-0.4, -0.2) is 41.5 Å². The zero-order valence-corrected chi connectivity index (χ0v) is 20.1. The molecule has 4 aromatic heterocycles. The number of benzene rings is 2. The van der Waals surface area contributed by atoms with Crippen LogP contribution in [0.1, 0.15) is 5.56 Å². The molecule has 10 nitrogen and oxygen atoms in total. The molecule has 0 aliphatic rings. The summed E-state index contributed by atoms with van der Waals surface area (Å²) < 4.78 is 29.4. The number of alkyl halides is 2. The Morgan fingerprint density at radius 1 is 0.842 bits per heavy atom. The number of rotatable bonds is 6. The molecule has 0 unspecified atom stereocenters. The summed E-state index contributed by atoms with van der Waals surface area (Å²) in [7, 11) is 0. The van der Waals surface area contributed by atoms with Gasteiger partial charge < -0.3 is 21.2 Å². The van der Waals surface area contributed by atoms with Crippen LogP contribution in [0.2, 0.25) is 0 Å². The van der Waals surface area contributed by atoms with E-state index < -0.39 is 6.61 Å². The molecule has 190 valence electrons. The first-order valence-corrected chi connectivity index (χ1v) is 11.2. The minimum Gasteiger partial charge on any atom is -0.435 e. The van der Waals surface area contributed by atoms with Gasteiger partial charge in [0.25, 0.3) is 0 Å². The molecule has 0 radical (unpaired) electrons. The van der Waals surface area contributed by atoms with Crippen molar-refractivity contribution in [3.8, 4) is 28.3 Å². The van der Waals surface area contributed by atoms with Crippen molar-refractivity contribution in [1.82, 2.24) is 41.0 Å². The topological polar surface area (TPSA) is 149 Å². The van der Waals surface area contributed by atoms with Gasteiger partial charge in [-0.25, -0.2) is 24.9 Å². The summed E-state index contributed by atoms with van der Waals surface area (Å²) in [5.41, 5.74) is 6.58. The number of nitrogens with one attached hydrogen (secondary N) is 2. The Bertz CT molecular complexity index is 1740. The first kappa shape index (κ1) is 24.6. The second-order valence-electron chi connectivity index (χ2n) is 8.13. The summed E-state index contributed by atoms with van der Waals surface area (Å²) in [6.07, 6.45) is 6.27. The monoisotopic (exact) mass is 513 g/mol. The first-order valence-electron chi connectivity index (χ1n) is 11.2. The summed E-state index contributed by atoms with van der Waals surface area (Å²) >= 11 is 0. The number of hydrogen-bond donors (Lipinski definition) is 3. The van der Waals surface area contributed by atoms with Gasteiger partial charge in [0.1, 0.15) is 35.4 Å². The molecule has 12 heteroatoms. The van der Waals surface area contributed by atoms with Crippen molar-refractivity contribution < 1.29 is 13.5 Å². The van der Waals surface area contributed by atoms with E-state index in [1.807, 2.05) is 31.2 Å². The van der Waals surface area contributed by atoms with E-state index in [2.05, 4.69) is 40.0 Å². The van der Waals surface area contributed by atoms with E-state index in [1.54, 1.807) is 24.7 Å². The number of anilines is 2. The average Bonchev–Trinajstić information content (AvgIpc) is 3.39. The van der Waals surface area contributed by atoms with Crippen molar-refractivity contribution in [1.29, 1.82) is 0 Å². The highest BCUT2D eigenvalue weighted by Gasteiger charge is 2.20. The van der Waals surface area contributed by atoms with Gasteiger partial charge in [0.05, 0.1) is 17.5 Å². The van der Waals surface area contributed by atoms with E-state index in [1.165, 1.54) is 24.8 Å². The third-order valence-electron chi connectivity index (χ3n) is 5.87. The van der Waals surface area contributed by atoms with Gasteiger partial charge in [-0.15, -0.1) is 0 Å². The molecular weight excluding hydrogens is 492 g/mol. The number of nitrogens with zero attached hydrogens (tertiary/aromatic N) is 6. The van der Waals surface area contributed by atoms with Gasteiger partial charge in [-0.1, -0.05) is 6.07 Å². The Kier molecular flexibility index (Phi) is 6.54. The third kappa shape index (κ3) is 4.44. The molecule has 0 aliphatic carbocycles. The molecule has 2 aromatic carbocycles. The Morgan fingerprint density at radius 2 is 1.66 bits per heavy atom. The predicted octanol–water partition coefficient (Wildman–Crippen LogP) is 5.84. The number of aromatic nitrogens is 7. The normalized spacial score (nSPS) is 11.1. The molecule has 0 saturated heterocycles. The van der Waals surface area contributed by atoms with E-state index >= 15 is 0 Å². The Morgan fingerprint density at radius 3 is 2.47 bits per heavy atom. The molecular formula is C26H21F2N9O. The number of fused-ring (bicyclic) bond motifs is 2. The lowest BCUT2D eigenvalue weighted by Crippen LogP contribution is -2.02. The number of pyridine rings is 1. The van der Waals surface area contributed by atoms with Gasteiger partial charge in [-0.2, -0.15) is 8.78 Å². The van der Waals surface area contributed by atoms with Crippen LogP contribution in [0.25, 0.3) is 44.6 Å². The molecule has 0 fully saturated rings. The average molecular weight is 514 g/mol. The van der Waals surface area contributed by atoms with E-state index in [4.69, 9.17) is 4.98 Å². The highest BCUT2D eigenvalue weighted by molar-refractivity contribution is 6.04. The summed E-state index contributed by atoms with van der Waals surface area (Å²) in [6, 6.07) is 13.9. The number of aryl methyl sites for hydroxylation is 1. The summed E-state index contributed by atoms with van der Waals surface area (Å²) in [4.78, 5) is 29.9. The highest BCUT2D eigenvalue weighted by Crippen LogP contribution is 2.38. The number of ether oxygens (including phenoxy) is 1. The van der Waals surface area contributed by atoms with Gasteiger partial charge in [0.15, 0.2) is 5.65 Å². The van der Waals surface area contributed by atoms with E-state index in [-0.39, 0.29) is 11.9 Å². The van der Waals surface area contributed by atoms with Crippen LogP contribution >= 0.6 is 0 Å². The molecule has 0 saturated carbocycles. The van der Waals surface area contributed by atoms with Crippen molar-refractivity contribution in [2.45, 2.75) is 13.5 Å². The lowest BCUT2D eigenvalue weighted by Gasteiger charge is -2.15. The van der Waals surface area contributed by atoms with Crippen LogP contribution in [-0.2, 0) is 0 Å². The van der Waals surface area contributed by atoms with Crippen LogP contribution < -0.4 is 16.2 Å². The molecule has 6 aromatic rings. The van der Waals surface area contributed by atoms with Gasteiger partial charge in [-0.05, 0) is 55.0 Å². The van der Waals surface area contributed by atoms with Crippen LogP contribution in [0.3, 0.4) is 0 Å². The fourth-order valence-corrected chi connectivity index (χ4v) is 4.24. The zero-order valence-electron chi connectivity index (χ0n) is 20.1. The molecule has 6 rings (SSSR count). The Hall–Kier alpha value is -5.10. The number of imidazole rings is 1. The number of halogens is 2. The van der Waals surface area contributed by atoms with Crippen molar-refractivity contribution in [3.63, 3.8) is 0 Å². The second-order valence-corrected chi connectivity index (χ2v) is 8.13. The van der Waals surface area contributed by atoms with Crippen LogP contribution in [0.4, 0.5) is 20.3 Å². The van der Waals surface area contributed by atoms with Crippen molar-refractivity contribution in [2.75, 3.05) is 5.32 Å². The van der Waals surface area contributed by atoms with Crippen molar-refractivity contribution in [3.05, 3.63) is 79.3 Å². The van der Waals surface area contributed by atoms with Crippen molar-refractivity contribution >= 4 is 33.6 Å². The third-order valence-corrected chi connectivity index (χ3v) is 5.87. The quantitative estimate of drug-likeness (QED) is 0.249. The molecule has 0 atom stereocenters. The predicted molar refractivity (Wildman–Crippen MR) is 140 cm³/mol. The summed E-state index contributed by atoms with van der Waals surface area (Å²) in [5.74, 6) is 0.632. The lowest BCUT2D eigenvalue weighted by molar-refractivity contribution is -0.0498. The SMILES string of the molecule is Cc1ccc2c(Nc3ccc(OC(F)F)cc3)ncnc2c1-c1ncccc1-c1ncnc2[nH]cnc12.N. The number of H-pyrrole nitrogens is 1. The second kappa shape index (κ2) is 10.1. The first-order chi connectivity index (χ1) is 18.1. The standard InChI is InChI=1S/C26H18F2N8O.H3N/c1-14-4-9-18-21(30-11-33-24(18)36-15-5-7-16(8-6-15)37-26(27)28)19(14)20-17(3-2-10-29-20)22-23-25(34-12-31-22)35-13-32-23;/h2-13,26H,1H3,(H,30,33,36)(H,31,32,34,35);1H3. The van der Waals surface area contributed by atoms with Gasteiger partial charge >= 0.3 is 6.61 Å². The Labute approximate surface area is 214 Å². The molecule has 5 N–H and O–H groups in total. The fourth-order valence-electron chi connectivity index (χ4n) is 4.24. The smallest absolute Gasteiger partial charge is 0.387 e. The van der Waals surface area contributed by atoms with Gasteiger partial charge in [0.2, 0.25) is 0 Å². The molecule has 4 heterocycles. The molecule has 0 amide bonds. The minimum absolute atomic E-state index is 0. The van der Waals surface area contributed by atoms with Gasteiger partial charge in [-0.3, -0.25) is 4.98 Å². The summed E-state index contributed by atoms with van der Waals surface area (Å²) in [6.45, 7) is -0.886. The molecule has 0 spiro atoms. The lowest BCUT2D eigenvalue weighted by atomic mass is 9.96. The molecule has 38 heavy (non-hydrogen) atoms. The maximum Gasteiger partial charge on any atom is 0.387 e. The summed E-state index contributed by atoms with van der Waals surface area (Å²) in [5, 5.41) is 4.01. The van der Waals surface area contributed by atoms with E-state index in [9.17, 15) is 8.78 Å². The van der Waals surface area contributed by atoms with Crippen LogP contribution in [0, 0.1) is 6.92 Å². The molecule has 0 aliphatic heterocycles. The Balaban J connectivity index is 0.00000294. The minimum atomic E-state index is -2.88. The molecule has 0 bridgehead atoms. The maximum atomic E-state index is 12.5. The van der Waals surface area contributed by atoms with Gasteiger partial charge in [0, 0.05) is 28.4 Å². The van der Waals surface area contributed by atoms with Crippen LogP contribution in [0.15, 0.2) is 73.7 Å².